The number of halogens is 1. The first-order valence-electron chi connectivity index (χ1n) is 10.0. The number of thiocarbonyl (C=S) groups is 1. The van der Waals surface area contributed by atoms with E-state index >= 15 is 0 Å². The molecule has 1 aliphatic rings. The Bertz CT molecular complexity index is 1210. The molecule has 1 fully saturated rings. The molecule has 0 spiro atoms. The first kappa shape index (κ1) is 23.7. The summed E-state index contributed by atoms with van der Waals surface area (Å²) in [5.41, 5.74) is 1.44. The predicted molar refractivity (Wildman–Crippen MR) is 130 cm³/mol. The molecule has 1 N–H and O–H groups in total. The van der Waals surface area contributed by atoms with Crippen molar-refractivity contribution in [1.29, 1.82) is 5.26 Å². The van der Waals surface area contributed by atoms with E-state index in [-0.39, 0.29) is 23.2 Å². The highest BCUT2D eigenvalue weighted by Crippen LogP contribution is 2.35. The zero-order valence-electron chi connectivity index (χ0n) is 18.2. The van der Waals surface area contributed by atoms with Gasteiger partial charge in [0.15, 0.2) is 0 Å². The van der Waals surface area contributed by atoms with Gasteiger partial charge < -0.3 is 5.32 Å². The van der Waals surface area contributed by atoms with E-state index < -0.39 is 5.56 Å². The molecule has 3 rings (SSSR count). The van der Waals surface area contributed by atoms with Crippen LogP contribution >= 0.6 is 24.0 Å². The maximum absolute atomic E-state index is 13.2. The fourth-order valence-electron chi connectivity index (χ4n) is 3.39. The highest BCUT2D eigenvalue weighted by atomic mass is 32.2. The van der Waals surface area contributed by atoms with Gasteiger partial charge >= 0.3 is 0 Å². The highest BCUT2D eigenvalue weighted by molar-refractivity contribution is 8.26. The van der Waals surface area contributed by atoms with Crippen molar-refractivity contribution in [3.63, 3.8) is 0 Å². The fourth-order valence-corrected chi connectivity index (χ4v) is 4.64. The summed E-state index contributed by atoms with van der Waals surface area (Å²) < 4.78 is 15.1. The number of rotatable bonds is 6. The molecule has 0 unspecified atom stereocenters. The molecule has 32 heavy (non-hydrogen) atoms. The van der Waals surface area contributed by atoms with Crippen molar-refractivity contribution in [3.05, 3.63) is 67.6 Å². The van der Waals surface area contributed by atoms with Gasteiger partial charge in [0.25, 0.3) is 11.5 Å². The Hall–Kier alpha value is -2.96. The average Bonchev–Trinajstić information content (AvgIpc) is 3.00. The lowest BCUT2D eigenvalue weighted by atomic mass is 10.0. The van der Waals surface area contributed by atoms with Crippen LogP contribution < -0.4 is 10.9 Å². The van der Waals surface area contributed by atoms with Gasteiger partial charge in [0.05, 0.1) is 4.91 Å². The van der Waals surface area contributed by atoms with Gasteiger partial charge in [-0.1, -0.05) is 50.0 Å². The molecule has 0 aliphatic carbocycles. The average molecular weight is 471 g/mol. The summed E-state index contributed by atoms with van der Waals surface area (Å²) in [6.07, 6.45) is 1.68. The largest absolute Gasteiger partial charge is 0.367 e. The van der Waals surface area contributed by atoms with Crippen molar-refractivity contribution < 1.29 is 9.18 Å². The molecule has 2 heterocycles. The van der Waals surface area contributed by atoms with Crippen molar-refractivity contribution in [3.8, 4) is 6.07 Å². The van der Waals surface area contributed by atoms with E-state index in [4.69, 9.17) is 12.2 Å². The Balaban J connectivity index is 2.07. The van der Waals surface area contributed by atoms with Gasteiger partial charge in [0.1, 0.15) is 27.6 Å². The molecule has 0 saturated carbocycles. The van der Waals surface area contributed by atoms with E-state index in [1.165, 1.54) is 28.5 Å². The molecule has 0 bridgehead atoms. The van der Waals surface area contributed by atoms with E-state index in [1.54, 1.807) is 37.1 Å². The van der Waals surface area contributed by atoms with Crippen LogP contribution in [0, 0.1) is 30.0 Å². The molecule has 0 atom stereocenters. The number of hydrogen-bond donors (Lipinski definition) is 1. The van der Waals surface area contributed by atoms with E-state index in [1.807, 2.05) is 19.9 Å². The number of benzene rings is 1. The monoisotopic (exact) mass is 470 g/mol. The van der Waals surface area contributed by atoms with E-state index in [2.05, 4.69) is 5.32 Å². The summed E-state index contributed by atoms with van der Waals surface area (Å²) in [6.45, 7) is 6.55. The number of nitrogens with one attached hydrogen (secondary N) is 1. The zero-order chi connectivity index (χ0) is 23.6. The number of anilines is 1. The van der Waals surface area contributed by atoms with Crippen LogP contribution in [0.2, 0.25) is 0 Å². The Kier molecular flexibility index (Phi) is 7.16. The van der Waals surface area contributed by atoms with Crippen molar-refractivity contribution in [1.82, 2.24) is 9.47 Å². The SMILES string of the molecule is Cc1c(/C=C2/SC(=S)N(CC(C)C)C2=O)c(NCc2ccc(F)cc2)n(C)c(=O)c1C#N. The number of thioether (sulfide) groups is 1. The maximum atomic E-state index is 13.2. The van der Waals surface area contributed by atoms with Crippen molar-refractivity contribution in [2.75, 3.05) is 11.9 Å². The lowest BCUT2D eigenvalue weighted by Gasteiger charge is -2.18. The van der Waals surface area contributed by atoms with Crippen molar-refractivity contribution in [2.24, 2.45) is 13.0 Å². The van der Waals surface area contributed by atoms with Gasteiger partial charge in [0.2, 0.25) is 0 Å². The number of nitrogens with zero attached hydrogens (tertiary/aromatic N) is 3. The van der Waals surface area contributed by atoms with E-state index in [0.717, 1.165) is 5.56 Å². The maximum Gasteiger partial charge on any atom is 0.270 e. The Morgan fingerprint density at radius 2 is 1.94 bits per heavy atom. The molecule has 6 nitrogen and oxygen atoms in total. The Morgan fingerprint density at radius 1 is 1.28 bits per heavy atom. The molecule has 9 heteroatoms. The van der Waals surface area contributed by atoms with E-state index in [0.29, 0.717) is 39.3 Å². The first-order chi connectivity index (χ1) is 15.1. The van der Waals surface area contributed by atoms with Crippen LogP contribution in [0.4, 0.5) is 10.2 Å². The minimum atomic E-state index is -0.434. The van der Waals surface area contributed by atoms with Gasteiger partial charge in [-0.25, -0.2) is 4.39 Å². The smallest absolute Gasteiger partial charge is 0.270 e. The van der Waals surface area contributed by atoms with Crippen LogP contribution in [0.1, 0.15) is 36.1 Å². The van der Waals surface area contributed by atoms with E-state index in [9.17, 15) is 19.2 Å². The second kappa shape index (κ2) is 9.67. The summed E-state index contributed by atoms with van der Waals surface area (Å²) in [7, 11) is 1.57. The molecule has 1 aromatic carbocycles. The van der Waals surface area contributed by atoms with Gasteiger partial charge in [-0.15, -0.1) is 0 Å². The third-order valence-electron chi connectivity index (χ3n) is 5.07. The van der Waals surface area contributed by atoms with Crippen molar-refractivity contribution >= 4 is 46.1 Å². The van der Waals surface area contributed by atoms with Crippen LogP contribution in [-0.4, -0.2) is 26.2 Å². The van der Waals surface area contributed by atoms with Crippen LogP contribution in [0.5, 0.6) is 0 Å². The molecule has 2 aromatic rings. The normalized spacial score (nSPS) is 15.0. The molecule has 0 radical (unpaired) electrons. The second-order valence-electron chi connectivity index (χ2n) is 7.90. The number of aromatic nitrogens is 1. The van der Waals surface area contributed by atoms with Gasteiger partial charge in [0, 0.05) is 25.7 Å². The quantitative estimate of drug-likeness (QED) is 0.504. The number of nitriles is 1. The summed E-state index contributed by atoms with van der Waals surface area (Å²) in [4.78, 5) is 27.7. The fraction of sp³-hybridized carbons (Fsp3) is 0.304. The number of carbonyl (C=O) groups is 1. The summed E-state index contributed by atoms with van der Waals surface area (Å²) >= 11 is 6.59. The minimum Gasteiger partial charge on any atom is -0.367 e. The number of hydrogen-bond acceptors (Lipinski definition) is 6. The topological polar surface area (TPSA) is 78.1 Å². The highest BCUT2D eigenvalue weighted by Gasteiger charge is 2.33. The lowest BCUT2D eigenvalue weighted by molar-refractivity contribution is -0.122. The molecule has 166 valence electrons. The summed E-state index contributed by atoms with van der Waals surface area (Å²) in [5.74, 6) is 0.198. The first-order valence-corrected chi connectivity index (χ1v) is 11.2. The molecule has 1 aliphatic heterocycles. The molecule has 1 aromatic heterocycles. The number of amides is 1. The third kappa shape index (κ3) is 4.76. The lowest BCUT2D eigenvalue weighted by Crippen LogP contribution is -2.31. The van der Waals surface area contributed by atoms with Gasteiger partial charge in [-0.05, 0) is 42.2 Å². The minimum absolute atomic E-state index is 0.0174. The van der Waals surface area contributed by atoms with Crippen LogP contribution in [0.25, 0.3) is 6.08 Å². The third-order valence-corrected chi connectivity index (χ3v) is 6.45. The zero-order valence-corrected chi connectivity index (χ0v) is 19.9. The number of pyridine rings is 1. The molecule has 1 saturated heterocycles. The second-order valence-corrected chi connectivity index (χ2v) is 9.58. The summed E-state index contributed by atoms with van der Waals surface area (Å²) in [5, 5.41) is 12.7. The molecular formula is C23H23FN4O2S2. The van der Waals surface area contributed by atoms with Gasteiger partial charge in [-0.3, -0.25) is 19.1 Å². The molecular weight excluding hydrogens is 447 g/mol. The van der Waals surface area contributed by atoms with Crippen LogP contribution in [0.3, 0.4) is 0 Å². The Morgan fingerprint density at radius 3 is 2.53 bits per heavy atom. The van der Waals surface area contributed by atoms with Gasteiger partial charge in [-0.2, -0.15) is 5.26 Å². The summed E-state index contributed by atoms with van der Waals surface area (Å²) in [6, 6.07) is 7.99. The van der Waals surface area contributed by atoms with Crippen LogP contribution in [-0.2, 0) is 18.4 Å². The standard InChI is InChI=1S/C23H23FN4O2S2/c1-13(2)12-28-22(30)19(32-23(28)31)9-17-14(3)18(10-25)21(29)27(4)20(17)26-11-15-5-7-16(24)8-6-15/h5-9,13,26H,11-12H2,1-4H3/b19-9+. The predicted octanol–water partition coefficient (Wildman–Crippen LogP) is 4.17. The molecule has 1 amide bonds. The van der Waals surface area contributed by atoms with Crippen LogP contribution in [0.15, 0.2) is 34.0 Å². The number of carbonyl (C=O) groups excluding carboxylic acids is 1. The Labute approximate surface area is 195 Å². The van der Waals surface area contributed by atoms with Crippen molar-refractivity contribution in [2.45, 2.75) is 27.3 Å².